The second-order valence-electron chi connectivity index (χ2n) is 7.31. The average molecular weight is 435 g/mol. The smallest absolute Gasteiger partial charge is 0.251 e. The molecular formula is C25H27ClN4O. The SMILES string of the molecule is CCN(CC)CCNC(=O)c1ccc(C)c(C#Cc2c(N)ncc3ccc(Cl)cc23)c1. The molecule has 160 valence electrons. The third-order valence-electron chi connectivity index (χ3n) is 5.31. The highest BCUT2D eigenvalue weighted by molar-refractivity contribution is 6.31. The second kappa shape index (κ2) is 10.3. The fourth-order valence-corrected chi connectivity index (χ4v) is 3.50. The summed E-state index contributed by atoms with van der Waals surface area (Å²) < 4.78 is 0. The zero-order valence-corrected chi connectivity index (χ0v) is 18.9. The fraction of sp³-hybridized carbons (Fsp3) is 0.280. The molecule has 0 aliphatic carbocycles. The van der Waals surface area contributed by atoms with Crippen molar-refractivity contribution >= 4 is 34.1 Å². The Labute approximate surface area is 188 Å². The monoisotopic (exact) mass is 434 g/mol. The number of halogens is 1. The van der Waals surface area contributed by atoms with Gasteiger partial charge in [0, 0.05) is 46.2 Å². The van der Waals surface area contributed by atoms with Gasteiger partial charge < -0.3 is 16.0 Å². The largest absolute Gasteiger partial charge is 0.383 e. The molecule has 0 atom stereocenters. The molecule has 0 aliphatic heterocycles. The van der Waals surface area contributed by atoms with Gasteiger partial charge in [-0.3, -0.25) is 4.79 Å². The quantitative estimate of drug-likeness (QED) is 0.569. The number of carbonyl (C=O) groups is 1. The average Bonchev–Trinajstić information content (AvgIpc) is 2.77. The van der Waals surface area contributed by atoms with Crippen LogP contribution < -0.4 is 11.1 Å². The number of hydrogen-bond donors (Lipinski definition) is 2. The maximum atomic E-state index is 12.6. The molecule has 1 amide bonds. The molecule has 6 heteroatoms. The number of likely N-dealkylation sites (N-methyl/N-ethyl adjacent to an activating group) is 1. The van der Waals surface area contributed by atoms with E-state index in [4.69, 9.17) is 17.3 Å². The van der Waals surface area contributed by atoms with Crippen molar-refractivity contribution in [2.75, 3.05) is 31.9 Å². The first-order valence-electron chi connectivity index (χ1n) is 10.4. The number of nitrogens with two attached hydrogens (primary N) is 1. The number of benzene rings is 2. The normalized spacial score (nSPS) is 10.7. The first-order chi connectivity index (χ1) is 14.9. The van der Waals surface area contributed by atoms with Crippen LogP contribution in [0.15, 0.2) is 42.6 Å². The standard InChI is InChI=1S/C25H27ClN4O/c1-4-30(5-2)13-12-28-25(31)19-7-6-17(3)18(14-19)9-11-22-23-15-21(26)10-8-20(23)16-29-24(22)27/h6-8,10,14-16H,4-5,12-13H2,1-3H3,(H2,27,29)(H,28,31). The summed E-state index contributed by atoms with van der Waals surface area (Å²) in [6.45, 7) is 9.56. The van der Waals surface area contributed by atoms with Crippen LogP contribution in [0.2, 0.25) is 5.02 Å². The number of fused-ring (bicyclic) bond motifs is 1. The van der Waals surface area contributed by atoms with Crippen LogP contribution in [0.3, 0.4) is 0 Å². The molecular weight excluding hydrogens is 408 g/mol. The van der Waals surface area contributed by atoms with Gasteiger partial charge in [0.2, 0.25) is 0 Å². The van der Waals surface area contributed by atoms with Crippen molar-refractivity contribution in [3.63, 3.8) is 0 Å². The fourth-order valence-electron chi connectivity index (χ4n) is 3.33. The van der Waals surface area contributed by atoms with Crippen molar-refractivity contribution in [3.8, 4) is 11.8 Å². The summed E-state index contributed by atoms with van der Waals surface area (Å²) >= 11 is 6.16. The van der Waals surface area contributed by atoms with E-state index >= 15 is 0 Å². The lowest BCUT2D eigenvalue weighted by Crippen LogP contribution is -2.34. The highest BCUT2D eigenvalue weighted by atomic mass is 35.5. The number of pyridine rings is 1. The molecule has 3 N–H and O–H groups in total. The summed E-state index contributed by atoms with van der Waals surface area (Å²) in [6.07, 6.45) is 1.71. The predicted octanol–water partition coefficient (Wildman–Crippen LogP) is 4.25. The van der Waals surface area contributed by atoms with Crippen LogP contribution in [0.5, 0.6) is 0 Å². The van der Waals surface area contributed by atoms with Crippen molar-refractivity contribution in [2.45, 2.75) is 20.8 Å². The van der Waals surface area contributed by atoms with E-state index in [2.05, 4.69) is 40.9 Å². The van der Waals surface area contributed by atoms with Gasteiger partial charge in [-0.05, 0) is 49.8 Å². The van der Waals surface area contributed by atoms with Crippen LogP contribution in [-0.4, -0.2) is 42.0 Å². The molecule has 2 aromatic carbocycles. The summed E-state index contributed by atoms with van der Waals surface area (Å²) in [5.74, 6) is 6.56. The van der Waals surface area contributed by atoms with E-state index in [0.29, 0.717) is 28.5 Å². The van der Waals surface area contributed by atoms with E-state index in [1.54, 1.807) is 6.20 Å². The molecule has 3 rings (SSSR count). The van der Waals surface area contributed by atoms with Crippen molar-refractivity contribution in [2.24, 2.45) is 0 Å². The topological polar surface area (TPSA) is 71.2 Å². The van der Waals surface area contributed by atoms with Crippen LogP contribution in [0, 0.1) is 18.8 Å². The molecule has 31 heavy (non-hydrogen) atoms. The van der Waals surface area contributed by atoms with Crippen LogP contribution in [-0.2, 0) is 0 Å². The number of nitrogens with zero attached hydrogens (tertiary/aromatic N) is 2. The molecule has 3 aromatic rings. The maximum absolute atomic E-state index is 12.6. The minimum absolute atomic E-state index is 0.103. The van der Waals surface area contributed by atoms with Gasteiger partial charge in [-0.25, -0.2) is 4.98 Å². The first kappa shape index (κ1) is 22.6. The lowest BCUT2D eigenvalue weighted by molar-refractivity contribution is 0.0949. The summed E-state index contributed by atoms with van der Waals surface area (Å²) in [7, 11) is 0. The van der Waals surface area contributed by atoms with E-state index in [1.807, 2.05) is 43.3 Å². The summed E-state index contributed by atoms with van der Waals surface area (Å²) in [6, 6.07) is 11.1. The van der Waals surface area contributed by atoms with Gasteiger partial charge in [-0.1, -0.05) is 49.4 Å². The minimum Gasteiger partial charge on any atom is -0.383 e. The third-order valence-corrected chi connectivity index (χ3v) is 5.55. The van der Waals surface area contributed by atoms with Gasteiger partial charge in [0.15, 0.2) is 0 Å². The van der Waals surface area contributed by atoms with E-state index < -0.39 is 0 Å². The van der Waals surface area contributed by atoms with Crippen LogP contribution in [0.1, 0.15) is 40.9 Å². The van der Waals surface area contributed by atoms with Crippen molar-refractivity contribution in [3.05, 3.63) is 69.9 Å². The molecule has 5 nitrogen and oxygen atoms in total. The molecule has 1 aromatic heterocycles. The van der Waals surface area contributed by atoms with Crippen molar-refractivity contribution in [1.29, 1.82) is 0 Å². The lowest BCUT2D eigenvalue weighted by atomic mass is 10.0. The summed E-state index contributed by atoms with van der Waals surface area (Å²) in [5.41, 5.74) is 9.07. The first-order valence-corrected chi connectivity index (χ1v) is 10.8. The number of aryl methyl sites for hydroxylation is 1. The van der Waals surface area contributed by atoms with Gasteiger partial charge in [0.25, 0.3) is 5.91 Å². The van der Waals surface area contributed by atoms with Gasteiger partial charge in [-0.2, -0.15) is 0 Å². The molecule has 0 aliphatic rings. The lowest BCUT2D eigenvalue weighted by Gasteiger charge is -2.18. The van der Waals surface area contributed by atoms with Gasteiger partial charge >= 0.3 is 0 Å². The Hall–Kier alpha value is -3.07. The van der Waals surface area contributed by atoms with E-state index in [9.17, 15) is 4.79 Å². The number of aromatic nitrogens is 1. The molecule has 0 saturated heterocycles. The number of nitrogen functional groups attached to an aromatic ring is 1. The molecule has 0 unspecified atom stereocenters. The molecule has 0 spiro atoms. The second-order valence-corrected chi connectivity index (χ2v) is 7.75. The molecule has 0 fully saturated rings. The van der Waals surface area contributed by atoms with Crippen LogP contribution >= 0.6 is 11.6 Å². The number of anilines is 1. The Morgan fingerprint density at radius 2 is 1.94 bits per heavy atom. The number of carbonyl (C=O) groups excluding carboxylic acids is 1. The van der Waals surface area contributed by atoms with E-state index in [-0.39, 0.29) is 5.91 Å². The Morgan fingerprint density at radius 1 is 1.16 bits per heavy atom. The Kier molecular flexibility index (Phi) is 7.51. The van der Waals surface area contributed by atoms with Gasteiger partial charge in [0.1, 0.15) is 5.82 Å². The minimum atomic E-state index is -0.103. The van der Waals surface area contributed by atoms with E-state index in [1.165, 1.54) is 0 Å². The zero-order chi connectivity index (χ0) is 22.4. The summed E-state index contributed by atoms with van der Waals surface area (Å²) in [5, 5.41) is 5.37. The van der Waals surface area contributed by atoms with Crippen LogP contribution in [0.25, 0.3) is 10.8 Å². The van der Waals surface area contributed by atoms with Gasteiger partial charge in [-0.15, -0.1) is 0 Å². The molecule has 1 heterocycles. The summed E-state index contributed by atoms with van der Waals surface area (Å²) in [4.78, 5) is 19.1. The maximum Gasteiger partial charge on any atom is 0.251 e. The molecule has 0 radical (unpaired) electrons. The zero-order valence-electron chi connectivity index (χ0n) is 18.1. The Morgan fingerprint density at radius 3 is 2.68 bits per heavy atom. The highest BCUT2D eigenvalue weighted by Crippen LogP contribution is 2.25. The predicted molar refractivity (Wildman–Crippen MR) is 128 cm³/mol. The molecule has 0 saturated carbocycles. The molecule has 0 bridgehead atoms. The number of hydrogen-bond acceptors (Lipinski definition) is 4. The van der Waals surface area contributed by atoms with Crippen molar-refractivity contribution < 1.29 is 4.79 Å². The van der Waals surface area contributed by atoms with Crippen molar-refractivity contribution in [1.82, 2.24) is 15.2 Å². The number of rotatable bonds is 6. The van der Waals surface area contributed by atoms with Crippen LogP contribution in [0.4, 0.5) is 5.82 Å². The Balaban J connectivity index is 1.85. The number of amides is 1. The number of nitrogens with one attached hydrogen (secondary N) is 1. The van der Waals surface area contributed by atoms with Gasteiger partial charge in [0.05, 0.1) is 5.56 Å². The van der Waals surface area contributed by atoms with E-state index in [0.717, 1.165) is 41.5 Å². The highest BCUT2D eigenvalue weighted by Gasteiger charge is 2.09. The Bertz CT molecular complexity index is 1150. The third kappa shape index (κ3) is 5.55.